The first-order chi connectivity index (χ1) is 25.8. The van der Waals surface area contributed by atoms with Crippen LogP contribution in [-0.2, 0) is 32.8 Å². The SMILES string of the molecule is C[C@@H]1S[C@@H]2[C@H](NC(=O)/C(=N\OC(C)(C)C(=O)[O-])c3csc(N)n3)C(=N)N2C(C(=O)O)=C1C[N+]1(CCn2c(=O)c3c(Cl)c(O)c(O)cc3n(C)c2=O)CCCC1.[Na+]. The van der Waals surface area contributed by atoms with E-state index in [1.807, 2.05) is 6.92 Å². The monoisotopic (exact) mass is 842 g/mol. The first-order valence-electron chi connectivity index (χ1n) is 17.0. The van der Waals surface area contributed by atoms with E-state index in [1.165, 1.54) is 42.9 Å². The van der Waals surface area contributed by atoms with E-state index in [2.05, 4.69) is 15.5 Å². The molecule has 6 rings (SSSR count). The van der Waals surface area contributed by atoms with E-state index in [1.54, 1.807) is 0 Å². The number of nitrogens with zero attached hydrogens (tertiary/aromatic N) is 6. The summed E-state index contributed by atoms with van der Waals surface area (Å²) in [7, 11) is 1.42. The maximum atomic E-state index is 13.6. The fourth-order valence-electron chi connectivity index (χ4n) is 7.03. The number of oxime groups is 1. The Bertz CT molecular complexity index is 2340. The van der Waals surface area contributed by atoms with E-state index in [0.717, 1.165) is 39.4 Å². The van der Waals surface area contributed by atoms with E-state index in [0.29, 0.717) is 23.1 Å². The molecule has 56 heavy (non-hydrogen) atoms. The Morgan fingerprint density at radius 3 is 2.50 bits per heavy atom. The molecule has 2 fully saturated rings. The number of thiazole rings is 1. The average molecular weight is 843 g/mol. The number of anilines is 1. The zero-order valence-corrected chi connectivity index (χ0v) is 35.4. The number of rotatable bonds is 12. The van der Waals surface area contributed by atoms with Crippen LogP contribution in [0.5, 0.6) is 11.5 Å². The Hall–Kier alpha value is -4.12. The van der Waals surface area contributed by atoms with Crippen molar-refractivity contribution in [3.8, 4) is 11.5 Å². The van der Waals surface area contributed by atoms with Crippen molar-refractivity contribution in [1.29, 1.82) is 5.41 Å². The van der Waals surface area contributed by atoms with Gasteiger partial charge in [0.05, 0.1) is 43.1 Å². The molecule has 0 spiro atoms. The molecule has 0 radical (unpaired) electrons. The summed E-state index contributed by atoms with van der Waals surface area (Å²) in [6, 6.07) is 0.126. The molecule has 0 saturated carbocycles. The number of thioether (sulfide) groups is 1. The molecular weight excluding hydrogens is 805 g/mol. The van der Waals surface area contributed by atoms with Gasteiger partial charge in [-0.05, 0) is 20.8 Å². The van der Waals surface area contributed by atoms with Crippen LogP contribution in [0, 0.1) is 5.41 Å². The average Bonchev–Trinajstić information content (AvgIpc) is 3.77. The van der Waals surface area contributed by atoms with Crippen LogP contribution >= 0.6 is 34.7 Å². The minimum atomic E-state index is -1.91. The van der Waals surface area contributed by atoms with Gasteiger partial charge in [0.2, 0.25) is 0 Å². The summed E-state index contributed by atoms with van der Waals surface area (Å²) in [4.78, 5) is 75.6. The van der Waals surface area contributed by atoms with Gasteiger partial charge in [0, 0.05) is 42.2 Å². The summed E-state index contributed by atoms with van der Waals surface area (Å²) in [5, 5.41) is 57.5. The maximum Gasteiger partial charge on any atom is 1.00 e. The van der Waals surface area contributed by atoms with E-state index in [4.69, 9.17) is 27.6 Å². The second-order valence-corrected chi connectivity index (χ2v) is 16.8. The maximum absolute atomic E-state index is 13.6. The number of benzene rings is 1. The van der Waals surface area contributed by atoms with E-state index in [-0.39, 0.29) is 87.5 Å². The van der Waals surface area contributed by atoms with Crippen LogP contribution in [0.4, 0.5) is 5.13 Å². The van der Waals surface area contributed by atoms with E-state index in [9.17, 15) is 44.4 Å². The number of fused-ring (bicyclic) bond motifs is 2. The minimum Gasteiger partial charge on any atom is -0.546 e. The molecule has 0 unspecified atom stereocenters. The van der Waals surface area contributed by atoms with Crippen molar-refractivity contribution in [2.75, 3.05) is 31.9 Å². The number of hydrogen-bond acceptors (Lipinski definition) is 15. The molecule has 7 N–H and O–H groups in total. The number of amides is 1. The summed E-state index contributed by atoms with van der Waals surface area (Å²) >= 11 is 8.60. The summed E-state index contributed by atoms with van der Waals surface area (Å²) in [5.41, 5.74) is 2.54. The van der Waals surface area contributed by atoms with Crippen molar-refractivity contribution in [2.24, 2.45) is 12.2 Å². The molecule has 19 nitrogen and oxygen atoms in total. The van der Waals surface area contributed by atoms with Gasteiger partial charge >= 0.3 is 41.2 Å². The van der Waals surface area contributed by atoms with E-state index >= 15 is 0 Å². The van der Waals surface area contributed by atoms with Crippen molar-refractivity contribution < 1.29 is 73.7 Å². The van der Waals surface area contributed by atoms with Crippen LogP contribution in [0.1, 0.15) is 39.3 Å². The predicted molar refractivity (Wildman–Crippen MR) is 201 cm³/mol. The van der Waals surface area contributed by atoms with Gasteiger partial charge in [-0.15, -0.1) is 23.1 Å². The number of nitrogen functional groups attached to an aromatic ring is 1. The Morgan fingerprint density at radius 2 is 1.91 bits per heavy atom. The van der Waals surface area contributed by atoms with Gasteiger partial charge in [0.1, 0.15) is 40.2 Å². The second-order valence-electron chi connectivity index (χ2n) is 14.1. The number of halogens is 1. The Labute approximate surface area is 353 Å². The number of phenols is 2. The van der Waals surface area contributed by atoms with Crippen molar-refractivity contribution >= 4 is 80.1 Å². The molecule has 5 heterocycles. The number of aryl methyl sites for hydroxylation is 1. The number of hydrogen-bond donors (Lipinski definition) is 6. The van der Waals surface area contributed by atoms with Crippen LogP contribution in [0.15, 0.2) is 37.5 Å². The largest absolute Gasteiger partial charge is 1.00 e. The first-order valence-corrected chi connectivity index (χ1v) is 19.2. The summed E-state index contributed by atoms with van der Waals surface area (Å²) in [6.45, 7) is 5.93. The zero-order valence-electron chi connectivity index (χ0n) is 31.0. The molecule has 2 saturated heterocycles. The van der Waals surface area contributed by atoms with Gasteiger partial charge in [-0.3, -0.25) is 24.1 Å². The molecule has 3 atom stereocenters. The fraction of sp³-hybridized carbons (Fsp3) is 0.455. The number of carbonyl (C=O) groups excluding carboxylic acids is 2. The van der Waals surface area contributed by atoms with E-state index < -0.39 is 68.6 Å². The molecule has 1 aromatic carbocycles. The van der Waals surface area contributed by atoms with Crippen LogP contribution < -0.4 is 57.0 Å². The molecule has 3 aliphatic heterocycles. The number of likely N-dealkylation sites (tertiary alicyclic amines) is 1. The third-order valence-electron chi connectivity index (χ3n) is 10.2. The smallest absolute Gasteiger partial charge is 0.546 e. The fourth-order valence-corrected chi connectivity index (χ4v) is 9.32. The molecule has 3 aromatic rings. The minimum absolute atomic E-state index is 0. The van der Waals surface area contributed by atoms with Crippen LogP contribution in [0.3, 0.4) is 0 Å². The number of nitrogens with one attached hydrogen (secondary N) is 2. The quantitative estimate of drug-likeness (QED) is 0.0348. The molecule has 294 valence electrons. The van der Waals surface area contributed by atoms with Gasteiger partial charge in [0.15, 0.2) is 27.9 Å². The Kier molecular flexibility index (Phi) is 12.3. The van der Waals surface area contributed by atoms with Gasteiger partial charge in [0.25, 0.3) is 11.5 Å². The standard InChI is InChI=1S/C33H38ClN9O10S2.Na/c1-14-15(12-43(8-5-6-9-43)10-7-41-27(47)19-17(40(4)32(41)52)11-18(44)24(45)20(19)34)23(29(48)49)42-25(35)22(28(42)55-14)38-26(46)21(16-13-54-31(36)37-16)39-53-33(2,3)30(50)51;/h11,13-14,22,28,35H,5-10,12H2,1-4H3,(H6-,36,37,38,39,44,45,46,47,48,49,50,51);/q;+1/t14-,22+,28+;/m0./s1. The number of nitrogens with two attached hydrogens (primary N) is 1. The van der Waals surface area contributed by atoms with Crippen LogP contribution in [0.2, 0.25) is 5.02 Å². The number of amidine groups is 1. The normalized spacial score (nSPS) is 20.7. The predicted octanol–water partition coefficient (Wildman–Crippen LogP) is -3.05. The van der Waals surface area contributed by atoms with Gasteiger partial charge in [-0.2, -0.15) is 0 Å². The van der Waals surface area contributed by atoms with Gasteiger partial charge in [-0.25, -0.2) is 14.6 Å². The molecule has 0 bridgehead atoms. The summed E-state index contributed by atoms with van der Waals surface area (Å²) in [5.74, 6) is -5.18. The first kappa shape index (κ1) is 43.0. The summed E-state index contributed by atoms with van der Waals surface area (Å²) < 4.78 is 2.53. The Morgan fingerprint density at radius 1 is 1.25 bits per heavy atom. The Balaban J connectivity index is 0.00000600. The van der Waals surface area contributed by atoms with Crippen molar-refractivity contribution in [3.05, 3.63) is 54.3 Å². The molecular formula is C33H38ClN9NaO10S2+. The number of quaternary nitrogens is 1. The second kappa shape index (κ2) is 16.0. The number of aliphatic carboxylic acids is 2. The molecule has 2 aromatic heterocycles. The van der Waals surface area contributed by atoms with Crippen molar-refractivity contribution in [2.45, 2.75) is 62.4 Å². The number of phenolic OH excluding ortho intramolecular Hbond substituents is 2. The third-order valence-corrected chi connectivity index (χ3v) is 12.7. The van der Waals surface area contributed by atoms with Crippen LogP contribution in [0.25, 0.3) is 10.9 Å². The molecule has 23 heteroatoms. The number of aromatic nitrogens is 3. The zero-order chi connectivity index (χ0) is 40.3. The van der Waals surface area contributed by atoms with Crippen LogP contribution in [-0.4, -0.2) is 117 Å². The van der Waals surface area contributed by atoms with Gasteiger partial charge < -0.3 is 50.5 Å². The van der Waals surface area contributed by atoms with Crippen molar-refractivity contribution in [1.82, 2.24) is 24.3 Å². The summed E-state index contributed by atoms with van der Waals surface area (Å²) in [6.07, 6.45) is 1.63. The number of carbonyl (C=O) groups is 3. The van der Waals surface area contributed by atoms with Gasteiger partial charge in [-0.1, -0.05) is 16.8 Å². The molecule has 0 aliphatic carbocycles. The molecule has 3 aliphatic rings. The topological polar surface area (TPSA) is 279 Å². The number of carboxylic acid groups (broad SMARTS) is 2. The molecule has 1 amide bonds. The van der Waals surface area contributed by atoms with Crippen molar-refractivity contribution in [3.63, 3.8) is 0 Å². The number of aromatic hydroxyl groups is 2. The number of carboxylic acids is 2. The third kappa shape index (κ3) is 7.64.